The van der Waals surface area contributed by atoms with Gasteiger partial charge in [-0.25, -0.2) is 4.79 Å². The summed E-state index contributed by atoms with van der Waals surface area (Å²) in [6.07, 6.45) is 0. The van der Waals surface area contributed by atoms with Gasteiger partial charge in [0.05, 0.1) is 6.61 Å². The molecule has 0 aliphatic carbocycles. The summed E-state index contributed by atoms with van der Waals surface area (Å²) in [5.74, 6) is -0.690. The quantitative estimate of drug-likeness (QED) is 0.597. The van der Waals surface area contributed by atoms with Crippen LogP contribution in [-0.4, -0.2) is 29.6 Å². The van der Waals surface area contributed by atoms with Crippen LogP contribution in [0.15, 0.2) is 16.3 Å². The minimum Gasteiger partial charge on any atom is -0.509 e. The molecule has 72 valence electrons. The Hall–Kier alpha value is -1.52. The van der Waals surface area contributed by atoms with E-state index in [1.54, 1.807) is 13.8 Å². The van der Waals surface area contributed by atoms with E-state index >= 15 is 0 Å². The number of aliphatic imine (C=N–C) groups is 1. The van der Waals surface area contributed by atoms with Crippen LogP contribution >= 0.6 is 0 Å². The highest BCUT2D eigenvalue weighted by Crippen LogP contribution is 2.18. The standard InChI is InChI=1S/C8H12N2O3/c1-3-13-8(12)5-6(11)4(2)10-7(5)9/h4,11H,3H2,1-2H3,(H2,9,10)/t4-/m0/s1. The number of aliphatic hydroxyl groups excluding tert-OH is 1. The van der Waals surface area contributed by atoms with Gasteiger partial charge < -0.3 is 15.6 Å². The second-order valence-electron chi connectivity index (χ2n) is 2.67. The van der Waals surface area contributed by atoms with Gasteiger partial charge in [-0.1, -0.05) is 0 Å². The van der Waals surface area contributed by atoms with Crippen molar-refractivity contribution < 1.29 is 14.6 Å². The minimum atomic E-state index is -0.620. The third-order valence-corrected chi connectivity index (χ3v) is 1.72. The lowest BCUT2D eigenvalue weighted by atomic mass is 10.2. The maximum absolute atomic E-state index is 11.2. The maximum Gasteiger partial charge on any atom is 0.345 e. The molecular formula is C8H12N2O3. The van der Waals surface area contributed by atoms with Crippen LogP contribution in [0.1, 0.15) is 13.8 Å². The van der Waals surface area contributed by atoms with Crippen molar-refractivity contribution in [3.63, 3.8) is 0 Å². The van der Waals surface area contributed by atoms with Gasteiger partial charge in [0.25, 0.3) is 0 Å². The zero-order valence-electron chi connectivity index (χ0n) is 7.57. The van der Waals surface area contributed by atoms with E-state index in [0.29, 0.717) is 0 Å². The number of rotatable bonds is 2. The van der Waals surface area contributed by atoms with Gasteiger partial charge >= 0.3 is 5.97 Å². The Bertz CT molecular complexity index is 294. The fourth-order valence-corrected chi connectivity index (χ4v) is 1.09. The van der Waals surface area contributed by atoms with E-state index in [2.05, 4.69) is 4.99 Å². The molecule has 0 unspecified atom stereocenters. The normalized spacial score (nSPS) is 21.7. The van der Waals surface area contributed by atoms with E-state index in [4.69, 9.17) is 10.5 Å². The maximum atomic E-state index is 11.2. The molecule has 0 aromatic carbocycles. The molecule has 5 nitrogen and oxygen atoms in total. The van der Waals surface area contributed by atoms with Crippen LogP contribution in [0.25, 0.3) is 0 Å². The number of nitrogens with zero attached hydrogens (tertiary/aromatic N) is 1. The molecule has 13 heavy (non-hydrogen) atoms. The van der Waals surface area contributed by atoms with Crippen molar-refractivity contribution in [3.8, 4) is 0 Å². The van der Waals surface area contributed by atoms with Crippen molar-refractivity contribution >= 4 is 11.8 Å². The highest BCUT2D eigenvalue weighted by atomic mass is 16.5. The lowest BCUT2D eigenvalue weighted by Crippen LogP contribution is -2.21. The number of amidine groups is 1. The Morgan fingerprint density at radius 1 is 1.77 bits per heavy atom. The molecule has 0 saturated heterocycles. The molecule has 0 amide bonds. The zero-order valence-corrected chi connectivity index (χ0v) is 7.57. The number of nitrogens with two attached hydrogens (primary N) is 1. The third kappa shape index (κ3) is 1.63. The predicted molar refractivity (Wildman–Crippen MR) is 47.4 cm³/mol. The van der Waals surface area contributed by atoms with Gasteiger partial charge in [-0.2, -0.15) is 0 Å². The Morgan fingerprint density at radius 2 is 2.38 bits per heavy atom. The molecule has 0 saturated carbocycles. The van der Waals surface area contributed by atoms with E-state index in [1.807, 2.05) is 0 Å². The van der Waals surface area contributed by atoms with Gasteiger partial charge in [0.15, 0.2) is 0 Å². The number of ether oxygens (including phenoxy) is 1. The first-order valence-electron chi connectivity index (χ1n) is 4.01. The summed E-state index contributed by atoms with van der Waals surface area (Å²) in [6, 6.07) is -0.445. The molecule has 0 aromatic rings. The molecule has 3 N–H and O–H groups in total. The van der Waals surface area contributed by atoms with E-state index in [9.17, 15) is 9.90 Å². The molecule has 1 rings (SSSR count). The van der Waals surface area contributed by atoms with Gasteiger partial charge in [0, 0.05) is 0 Å². The molecule has 1 aliphatic heterocycles. The van der Waals surface area contributed by atoms with Gasteiger partial charge in [-0.15, -0.1) is 0 Å². The highest BCUT2D eigenvalue weighted by Gasteiger charge is 2.29. The summed E-state index contributed by atoms with van der Waals surface area (Å²) in [6.45, 7) is 3.58. The number of carbonyl (C=O) groups excluding carboxylic acids is 1. The van der Waals surface area contributed by atoms with Crippen LogP contribution in [0.3, 0.4) is 0 Å². The first-order valence-corrected chi connectivity index (χ1v) is 4.01. The monoisotopic (exact) mass is 184 g/mol. The second kappa shape index (κ2) is 3.47. The Morgan fingerprint density at radius 3 is 2.77 bits per heavy atom. The predicted octanol–water partition coefficient (Wildman–Crippen LogP) is 0.121. The van der Waals surface area contributed by atoms with Crippen LogP contribution in [-0.2, 0) is 9.53 Å². The van der Waals surface area contributed by atoms with E-state index in [-0.39, 0.29) is 23.8 Å². The van der Waals surface area contributed by atoms with Gasteiger partial charge in [0.1, 0.15) is 23.2 Å². The summed E-state index contributed by atoms with van der Waals surface area (Å²) >= 11 is 0. The fraction of sp³-hybridized carbons (Fsp3) is 0.500. The fourth-order valence-electron chi connectivity index (χ4n) is 1.09. The Balaban J connectivity index is 2.91. The van der Waals surface area contributed by atoms with Crippen LogP contribution < -0.4 is 5.73 Å². The van der Waals surface area contributed by atoms with Crippen LogP contribution in [0, 0.1) is 0 Å². The lowest BCUT2D eigenvalue weighted by molar-refractivity contribution is -0.138. The summed E-state index contributed by atoms with van der Waals surface area (Å²) in [7, 11) is 0. The molecule has 0 radical (unpaired) electrons. The first kappa shape index (κ1) is 9.57. The summed E-state index contributed by atoms with van der Waals surface area (Å²) < 4.78 is 4.70. The first-order chi connectivity index (χ1) is 6.07. The molecule has 1 atom stereocenters. The van der Waals surface area contributed by atoms with Crippen molar-refractivity contribution in [2.24, 2.45) is 10.7 Å². The summed E-state index contributed by atoms with van der Waals surface area (Å²) in [5.41, 5.74) is 5.42. The topological polar surface area (TPSA) is 84.9 Å². The molecule has 0 spiro atoms. The van der Waals surface area contributed by atoms with Crippen LogP contribution in [0.4, 0.5) is 0 Å². The van der Waals surface area contributed by atoms with Crippen molar-refractivity contribution in [2.45, 2.75) is 19.9 Å². The number of aliphatic hydroxyl groups is 1. The van der Waals surface area contributed by atoms with E-state index in [1.165, 1.54) is 0 Å². The van der Waals surface area contributed by atoms with Gasteiger partial charge in [-0.3, -0.25) is 4.99 Å². The molecular weight excluding hydrogens is 172 g/mol. The van der Waals surface area contributed by atoms with Gasteiger partial charge in [0.2, 0.25) is 0 Å². The van der Waals surface area contributed by atoms with Crippen LogP contribution in [0.5, 0.6) is 0 Å². The SMILES string of the molecule is CCOC(=O)C1=C(O)[C@H](C)N=C1N. The summed E-state index contributed by atoms with van der Waals surface area (Å²) in [4.78, 5) is 15.0. The molecule has 0 fully saturated rings. The molecule has 0 bridgehead atoms. The van der Waals surface area contributed by atoms with E-state index < -0.39 is 12.0 Å². The van der Waals surface area contributed by atoms with Crippen molar-refractivity contribution in [2.75, 3.05) is 6.61 Å². The van der Waals surface area contributed by atoms with E-state index in [0.717, 1.165) is 0 Å². The largest absolute Gasteiger partial charge is 0.509 e. The van der Waals surface area contributed by atoms with Crippen molar-refractivity contribution in [1.82, 2.24) is 0 Å². The molecule has 1 aliphatic rings. The zero-order chi connectivity index (χ0) is 10.0. The second-order valence-corrected chi connectivity index (χ2v) is 2.67. The highest BCUT2D eigenvalue weighted by molar-refractivity contribution is 6.20. The molecule has 5 heteroatoms. The molecule has 0 aromatic heterocycles. The third-order valence-electron chi connectivity index (χ3n) is 1.72. The van der Waals surface area contributed by atoms with Crippen LogP contribution in [0.2, 0.25) is 0 Å². The number of hydrogen-bond acceptors (Lipinski definition) is 5. The average Bonchev–Trinajstić information content (AvgIpc) is 2.27. The number of carbonyl (C=O) groups is 1. The minimum absolute atomic E-state index is 0.00523. The average molecular weight is 184 g/mol. The summed E-state index contributed by atoms with van der Waals surface area (Å²) in [5, 5.41) is 9.41. The van der Waals surface area contributed by atoms with Crippen molar-refractivity contribution in [1.29, 1.82) is 0 Å². The Kier molecular flexibility index (Phi) is 2.55. The molecule has 1 heterocycles. The number of esters is 1. The Labute approximate surface area is 75.9 Å². The lowest BCUT2D eigenvalue weighted by Gasteiger charge is -2.03. The van der Waals surface area contributed by atoms with Crippen molar-refractivity contribution in [3.05, 3.63) is 11.3 Å². The van der Waals surface area contributed by atoms with Gasteiger partial charge in [-0.05, 0) is 13.8 Å². The smallest absolute Gasteiger partial charge is 0.345 e. The number of hydrogen-bond donors (Lipinski definition) is 2.